The van der Waals surface area contributed by atoms with E-state index in [0.29, 0.717) is 12.8 Å². The van der Waals surface area contributed by atoms with Crippen LogP contribution in [-0.2, 0) is 32.7 Å². The number of hydrogen-bond acceptors (Lipinski definition) is 8. The van der Waals surface area contributed by atoms with Gasteiger partial charge in [-0.15, -0.1) is 0 Å². The topological polar surface area (TPSA) is 134 Å². The summed E-state index contributed by atoms with van der Waals surface area (Å²) in [5.74, 6) is -0.908. The van der Waals surface area contributed by atoms with Gasteiger partial charge in [-0.25, -0.2) is 4.57 Å². The van der Waals surface area contributed by atoms with E-state index in [9.17, 15) is 19.0 Å². The van der Waals surface area contributed by atoms with Crippen molar-refractivity contribution in [2.45, 2.75) is 174 Å². The summed E-state index contributed by atoms with van der Waals surface area (Å²) in [4.78, 5) is 34.9. The lowest BCUT2D eigenvalue weighted by molar-refractivity contribution is -0.161. The number of rotatable bonds is 40. The molecule has 1 unspecified atom stereocenters. The van der Waals surface area contributed by atoms with Gasteiger partial charge in [0, 0.05) is 19.4 Å². The van der Waals surface area contributed by atoms with Gasteiger partial charge < -0.3 is 20.1 Å². The zero-order chi connectivity index (χ0) is 41.8. The molecule has 0 aliphatic heterocycles. The molecule has 0 spiro atoms. The maximum absolute atomic E-state index is 12.6. The monoisotopic (exact) mass is 818 g/mol. The van der Waals surface area contributed by atoms with Crippen LogP contribution in [0.5, 0.6) is 0 Å². The van der Waals surface area contributed by atoms with Crippen LogP contribution in [-0.4, -0.2) is 49.3 Å². The first-order chi connectivity index (χ1) is 27.8. The number of esters is 2. The Balaban J connectivity index is 4.25. The van der Waals surface area contributed by atoms with Crippen LogP contribution in [0.15, 0.2) is 85.1 Å². The average Bonchev–Trinajstić information content (AvgIpc) is 3.20. The molecule has 0 saturated heterocycles. The highest BCUT2D eigenvalue weighted by molar-refractivity contribution is 7.47. The normalized spacial score (nSPS) is 14.1. The molecule has 10 heteroatoms. The molecule has 0 heterocycles. The Bertz CT molecular complexity index is 1210. The predicted molar refractivity (Wildman–Crippen MR) is 238 cm³/mol. The number of nitrogens with two attached hydrogens (primary N) is 1. The molecule has 326 valence electrons. The number of phosphoric ester groups is 1. The number of ether oxygens (including phenoxy) is 2. The van der Waals surface area contributed by atoms with Crippen molar-refractivity contribution in [2.75, 3.05) is 26.4 Å². The zero-order valence-electron chi connectivity index (χ0n) is 35.8. The molecule has 0 aromatic heterocycles. The lowest BCUT2D eigenvalue weighted by atomic mass is 10.1. The van der Waals surface area contributed by atoms with E-state index in [2.05, 4.69) is 92.8 Å². The largest absolute Gasteiger partial charge is 0.472 e. The molecule has 0 radical (unpaired) electrons. The number of carbonyl (C=O) groups excluding carboxylic acids is 2. The standard InChI is InChI=1S/C47H80NO8P/c1-3-5-7-9-11-13-15-17-19-21-22-24-26-28-30-32-34-36-38-40-47(50)56-45(44-55-57(51,52)54-42-41-48)43-53-46(49)39-37-35-33-31-29-27-25-23-20-18-16-14-12-10-8-6-4-2/h6,8,11-14,17-20,25,27,31,33,45H,3-5,7,9-10,15-16,21-24,26,28-30,32,34-44,48H2,1-2H3,(H,51,52)/b8-6+,13-11+,14-12+,19-17+,20-18+,27-25+,33-31+/t45-/m1/s1. The third-order valence-corrected chi connectivity index (χ3v) is 9.75. The van der Waals surface area contributed by atoms with Crippen molar-refractivity contribution in [2.24, 2.45) is 5.73 Å². The highest BCUT2D eigenvalue weighted by Gasteiger charge is 2.25. The van der Waals surface area contributed by atoms with Crippen molar-refractivity contribution in [1.29, 1.82) is 0 Å². The summed E-state index contributed by atoms with van der Waals surface area (Å²) in [5.41, 5.74) is 5.35. The molecule has 0 aliphatic rings. The summed E-state index contributed by atoms with van der Waals surface area (Å²) in [7, 11) is -4.40. The van der Waals surface area contributed by atoms with Gasteiger partial charge in [-0.2, -0.15) is 0 Å². The molecule has 57 heavy (non-hydrogen) atoms. The summed E-state index contributed by atoms with van der Waals surface area (Å²) >= 11 is 0. The molecule has 9 nitrogen and oxygen atoms in total. The van der Waals surface area contributed by atoms with E-state index in [1.165, 1.54) is 57.8 Å². The second kappa shape index (κ2) is 42.8. The minimum absolute atomic E-state index is 0.0408. The molecule has 0 saturated carbocycles. The first-order valence-corrected chi connectivity index (χ1v) is 23.6. The van der Waals surface area contributed by atoms with E-state index in [-0.39, 0.29) is 32.6 Å². The predicted octanol–water partition coefficient (Wildman–Crippen LogP) is 12.8. The van der Waals surface area contributed by atoms with Gasteiger partial charge in [0.1, 0.15) is 6.61 Å². The van der Waals surface area contributed by atoms with Crippen molar-refractivity contribution in [3.63, 3.8) is 0 Å². The second-order valence-electron chi connectivity index (χ2n) is 14.2. The van der Waals surface area contributed by atoms with Crippen LogP contribution in [0.1, 0.15) is 168 Å². The van der Waals surface area contributed by atoms with Gasteiger partial charge >= 0.3 is 19.8 Å². The molecule has 0 aromatic rings. The Hall–Kier alpha value is -2.81. The Morgan fingerprint density at radius 1 is 0.544 bits per heavy atom. The molecular formula is C47H80NO8P. The molecule has 0 amide bonds. The fourth-order valence-electron chi connectivity index (χ4n) is 5.52. The van der Waals surface area contributed by atoms with Gasteiger partial charge in [0.05, 0.1) is 13.2 Å². The van der Waals surface area contributed by atoms with Crippen molar-refractivity contribution < 1.29 is 37.6 Å². The second-order valence-corrected chi connectivity index (χ2v) is 15.6. The quantitative estimate of drug-likeness (QED) is 0.0268. The van der Waals surface area contributed by atoms with Crippen molar-refractivity contribution in [1.82, 2.24) is 0 Å². The van der Waals surface area contributed by atoms with Crippen LogP contribution in [0.4, 0.5) is 0 Å². The van der Waals surface area contributed by atoms with E-state index >= 15 is 0 Å². The van der Waals surface area contributed by atoms with Crippen LogP contribution in [0.25, 0.3) is 0 Å². The van der Waals surface area contributed by atoms with E-state index in [4.69, 9.17) is 24.3 Å². The molecule has 2 atom stereocenters. The van der Waals surface area contributed by atoms with Crippen LogP contribution in [0.3, 0.4) is 0 Å². The molecule has 0 fully saturated rings. The Morgan fingerprint density at radius 3 is 1.49 bits per heavy atom. The number of unbranched alkanes of at least 4 members (excludes halogenated alkanes) is 13. The molecule has 0 rings (SSSR count). The first-order valence-electron chi connectivity index (χ1n) is 22.1. The van der Waals surface area contributed by atoms with Gasteiger partial charge in [-0.05, 0) is 83.5 Å². The summed E-state index contributed by atoms with van der Waals surface area (Å²) in [5, 5.41) is 0. The summed E-state index contributed by atoms with van der Waals surface area (Å²) < 4.78 is 32.7. The SMILES string of the molecule is CC/C=C/C/C=C/C/C=C/C/C=C/C/C=C/CCCC(=O)OC[C@H](COP(=O)(O)OCCN)OC(=O)CCCCCCCCCCC/C=C/C/C=C/CCCCC. The number of phosphoric acid groups is 1. The lowest BCUT2D eigenvalue weighted by Crippen LogP contribution is -2.29. The van der Waals surface area contributed by atoms with Crippen LogP contribution >= 0.6 is 7.82 Å². The fraction of sp³-hybridized carbons (Fsp3) is 0.660. The van der Waals surface area contributed by atoms with E-state index in [0.717, 1.165) is 70.6 Å². The van der Waals surface area contributed by atoms with Gasteiger partial charge in [0.15, 0.2) is 6.10 Å². The smallest absolute Gasteiger partial charge is 0.462 e. The maximum atomic E-state index is 12.6. The van der Waals surface area contributed by atoms with Crippen molar-refractivity contribution in [3.8, 4) is 0 Å². The number of hydrogen-bond donors (Lipinski definition) is 2. The van der Waals surface area contributed by atoms with E-state index in [1.807, 2.05) is 6.08 Å². The average molecular weight is 818 g/mol. The Kier molecular flexibility index (Phi) is 40.7. The molecule has 3 N–H and O–H groups in total. The molecule has 0 aliphatic carbocycles. The highest BCUT2D eigenvalue weighted by Crippen LogP contribution is 2.43. The number of carbonyl (C=O) groups is 2. The van der Waals surface area contributed by atoms with Gasteiger partial charge in [0.25, 0.3) is 0 Å². The zero-order valence-corrected chi connectivity index (χ0v) is 36.7. The molecular weight excluding hydrogens is 737 g/mol. The minimum atomic E-state index is -4.40. The minimum Gasteiger partial charge on any atom is -0.462 e. The Labute approximate surface area is 347 Å². The van der Waals surface area contributed by atoms with Gasteiger partial charge in [0.2, 0.25) is 0 Å². The van der Waals surface area contributed by atoms with E-state index in [1.54, 1.807) is 0 Å². The third kappa shape index (κ3) is 42.6. The maximum Gasteiger partial charge on any atom is 0.472 e. The number of allylic oxidation sites excluding steroid dienone is 14. The first kappa shape index (κ1) is 54.2. The molecule has 0 aromatic carbocycles. The van der Waals surface area contributed by atoms with Crippen LogP contribution in [0.2, 0.25) is 0 Å². The van der Waals surface area contributed by atoms with Gasteiger partial charge in [-0.1, -0.05) is 157 Å². The lowest BCUT2D eigenvalue weighted by Gasteiger charge is -2.19. The summed E-state index contributed by atoms with van der Waals surface area (Å²) in [6.07, 6.45) is 53.3. The fourth-order valence-corrected chi connectivity index (χ4v) is 6.29. The van der Waals surface area contributed by atoms with E-state index < -0.39 is 32.5 Å². The highest BCUT2D eigenvalue weighted by atomic mass is 31.2. The Morgan fingerprint density at radius 2 is 0.982 bits per heavy atom. The van der Waals surface area contributed by atoms with Crippen molar-refractivity contribution in [3.05, 3.63) is 85.1 Å². The van der Waals surface area contributed by atoms with Crippen LogP contribution < -0.4 is 5.73 Å². The molecule has 0 bridgehead atoms. The third-order valence-electron chi connectivity index (χ3n) is 8.77. The summed E-state index contributed by atoms with van der Waals surface area (Å²) in [6, 6.07) is 0. The van der Waals surface area contributed by atoms with Gasteiger partial charge in [-0.3, -0.25) is 18.6 Å². The van der Waals surface area contributed by atoms with Crippen molar-refractivity contribution >= 4 is 19.8 Å². The van der Waals surface area contributed by atoms with Crippen LogP contribution in [0, 0.1) is 0 Å². The summed E-state index contributed by atoms with van der Waals surface area (Å²) in [6.45, 7) is 3.51.